The van der Waals surface area contributed by atoms with Gasteiger partial charge in [-0.15, -0.1) is 6.42 Å². The molecule has 1 aromatic carbocycles. The first kappa shape index (κ1) is 15.5. The topological polar surface area (TPSA) is 65.0 Å². The van der Waals surface area contributed by atoms with E-state index in [-0.39, 0.29) is 13.2 Å². The Balaban J connectivity index is 2.00. The summed E-state index contributed by atoms with van der Waals surface area (Å²) in [6.07, 6.45) is 4.62. The summed E-state index contributed by atoms with van der Waals surface area (Å²) in [4.78, 5) is 11.9. The molecule has 0 spiro atoms. The summed E-state index contributed by atoms with van der Waals surface area (Å²) in [5.41, 5.74) is -1.33. The van der Waals surface area contributed by atoms with Crippen molar-refractivity contribution in [3.63, 3.8) is 0 Å². The minimum atomic E-state index is -1.72. The maximum Gasteiger partial charge on any atom is 0.338 e. The molecule has 1 fully saturated rings. The average Bonchev–Trinajstić information content (AvgIpc) is 2.86. The van der Waals surface area contributed by atoms with Crippen LogP contribution in [0, 0.1) is 12.3 Å². The highest BCUT2D eigenvalue weighted by Crippen LogP contribution is 2.29. The summed E-state index contributed by atoms with van der Waals surface area (Å²) in [7, 11) is 0. The van der Waals surface area contributed by atoms with Crippen LogP contribution in [0.5, 0.6) is 0 Å². The molecule has 112 valence electrons. The van der Waals surface area contributed by atoms with Gasteiger partial charge < -0.3 is 19.3 Å². The lowest BCUT2D eigenvalue weighted by molar-refractivity contribution is -0.165. The van der Waals surface area contributed by atoms with E-state index in [4.69, 9.17) is 20.6 Å². The number of aliphatic hydroxyl groups is 1. The second kappa shape index (κ2) is 5.86. The lowest BCUT2D eigenvalue weighted by atomic mass is 9.99. The molecular weight excluding hydrogens is 272 g/mol. The molecule has 1 aliphatic rings. The monoisotopic (exact) mass is 290 g/mol. The van der Waals surface area contributed by atoms with Crippen molar-refractivity contribution in [1.82, 2.24) is 0 Å². The molecule has 0 bridgehead atoms. The maximum absolute atomic E-state index is 11.9. The number of terminal acetylenes is 1. The fourth-order valence-corrected chi connectivity index (χ4v) is 1.98. The predicted molar refractivity (Wildman–Crippen MR) is 75.4 cm³/mol. The minimum Gasteiger partial charge on any atom is -0.458 e. The zero-order valence-electron chi connectivity index (χ0n) is 12.0. The predicted octanol–water partition coefficient (Wildman–Crippen LogP) is 1.36. The molecule has 0 radical (unpaired) electrons. The summed E-state index contributed by atoms with van der Waals surface area (Å²) in [6, 6.07) is 8.48. The molecule has 21 heavy (non-hydrogen) atoms. The van der Waals surface area contributed by atoms with Gasteiger partial charge in [0.15, 0.2) is 11.4 Å². The Hall–Kier alpha value is -1.87. The zero-order valence-corrected chi connectivity index (χ0v) is 12.0. The van der Waals surface area contributed by atoms with E-state index in [1.54, 1.807) is 44.2 Å². The van der Waals surface area contributed by atoms with Gasteiger partial charge in [-0.1, -0.05) is 24.1 Å². The molecule has 0 unspecified atom stereocenters. The number of benzene rings is 1. The lowest BCUT2D eigenvalue weighted by Crippen LogP contribution is -2.47. The van der Waals surface area contributed by atoms with Crippen LogP contribution in [0.4, 0.5) is 0 Å². The molecule has 1 aromatic rings. The highest BCUT2D eigenvalue weighted by molar-refractivity contribution is 5.89. The first-order valence-corrected chi connectivity index (χ1v) is 6.60. The summed E-state index contributed by atoms with van der Waals surface area (Å²) < 4.78 is 16.0. The van der Waals surface area contributed by atoms with Crippen molar-refractivity contribution < 1.29 is 24.1 Å². The van der Waals surface area contributed by atoms with E-state index in [1.807, 2.05) is 0 Å². The Labute approximate surface area is 123 Å². The van der Waals surface area contributed by atoms with Gasteiger partial charge in [-0.2, -0.15) is 0 Å². The summed E-state index contributed by atoms with van der Waals surface area (Å²) in [5.74, 6) is 0.865. The number of ether oxygens (including phenoxy) is 3. The molecule has 2 atom stereocenters. The SMILES string of the molecule is C#C[C@](O)(COC(=O)c1ccccc1)[C@@H]1COC(C)(C)O1. The fraction of sp³-hybridized carbons (Fsp3) is 0.438. The van der Waals surface area contributed by atoms with Gasteiger partial charge in [-0.3, -0.25) is 0 Å². The third kappa shape index (κ3) is 3.61. The largest absolute Gasteiger partial charge is 0.458 e. The average molecular weight is 290 g/mol. The van der Waals surface area contributed by atoms with E-state index in [9.17, 15) is 9.90 Å². The molecule has 0 aromatic heterocycles. The van der Waals surface area contributed by atoms with E-state index in [0.717, 1.165) is 0 Å². The molecular formula is C16H18O5. The lowest BCUT2D eigenvalue weighted by Gasteiger charge is -2.28. The van der Waals surface area contributed by atoms with Crippen molar-refractivity contribution in [2.24, 2.45) is 0 Å². The van der Waals surface area contributed by atoms with Crippen molar-refractivity contribution in [3.05, 3.63) is 35.9 Å². The second-order valence-corrected chi connectivity index (χ2v) is 5.33. The van der Waals surface area contributed by atoms with Crippen LogP contribution >= 0.6 is 0 Å². The Morgan fingerprint density at radius 2 is 2.19 bits per heavy atom. The molecule has 5 nitrogen and oxygen atoms in total. The standard InChI is InChI=1S/C16H18O5/c1-4-16(18,13-10-20-15(2,3)21-13)11-19-14(17)12-8-6-5-7-9-12/h1,5-9,13,18H,10-11H2,2-3H3/t13-,16-/m0/s1. The summed E-state index contributed by atoms with van der Waals surface area (Å²) >= 11 is 0. The Morgan fingerprint density at radius 1 is 1.52 bits per heavy atom. The smallest absolute Gasteiger partial charge is 0.338 e. The van der Waals surface area contributed by atoms with Gasteiger partial charge in [-0.05, 0) is 26.0 Å². The van der Waals surface area contributed by atoms with Crippen molar-refractivity contribution in [1.29, 1.82) is 0 Å². The number of carbonyl (C=O) groups is 1. The quantitative estimate of drug-likeness (QED) is 0.670. The molecule has 2 rings (SSSR count). The number of esters is 1. The molecule has 1 N–H and O–H groups in total. The van der Waals surface area contributed by atoms with Crippen LogP contribution in [0.2, 0.25) is 0 Å². The third-order valence-electron chi connectivity index (χ3n) is 3.22. The van der Waals surface area contributed by atoms with Crippen LogP contribution in [0.1, 0.15) is 24.2 Å². The first-order valence-electron chi connectivity index (χ1n) is 6.60. The number of hydrogen-bond acceptors (Lipinski definition) is 5. The van der Waals surface area contributed by atoms with E-state index in [2.05, 4.69) is 5.92 Å². The first-order chi connectivity index (χ1) is 9.86. The van der Waals surface area contributed by atoms with Gasteiger partial charge in [0.1, 0.15) is 12.7 Å². The van der Waals surface area contributed by atoms with Crippen LogP contribution < -0.4 is 0 Å². The Kier molecular flexibility index (Phi) is 4.33. The number of carbonyl (C=O) groups excluding carboxylic acids is 1. The molecule has 1 aliphatic heterocycles. The molecule has 0 amide bonds. The Bertz CT molecular complexity index is 546. The van der Waals surface area contributed by atoms with E-state index in [0.29, 0.717) is 5.56 Å². The third-order valence-corrected chi connectivity index (χ3v) is 3.22. The van der Waals surface area contributed by atoms with E-state index < -0.39 is 23.5 Å². The van der Waals surface area contributed by atoms with Crippen LogP contribution in [0.25, 0.3) is 0 Å². The number of hydrogen-bond donors (Lipinski definition) is 1. The van der Waals surface area contributed by atoms with E-state index in [1.165, 1.54) is 0 Å². The van der Waals surface area contributed by atoms with Crippen LogP contribution in [-0.2, 0) is 14.2 Å². The second-order valence-electron chi connectivity index (χ2n) is 5.33. The van der Waals surface area contributed by atoms with Crippen LogP contribution in [-0.4, -0.2) is 41.8 Å². The van der Waals surface area contributed by atoms with Gasteiger partial charge in [0.05, 0.1) is 12.2 Å². The minimum absolute atomic E-state index is 0.136. The van der Waals surface area contributed by atoms with Gasteiger partial charge in [0.25, 0.3) is 0 Å². The van der Waals surface area contributed by atoms with Crippen molar-refractivity contribution in [3.8, 4) is 12.3 Å². The number of rotatable bonds is 4. The molecule has 1 heterocycles. The fourth-order valence-electron chi connectivity index (χ4n) is 1.98. The van der Waals surface area contributed by atoms with Crippen molar-refractivity contribution in [2.45, 2.75) is 31.3 Å². The van der Waals surface area contributed by atoms with Gasteiger partial charge >= 0.3 is 5.97 Å². The van der Waals surface area contributed by atoms with Gasteiger partial charge in [0.2, 0.25) is 0 Å². The van der Waals surface area contributed by atoms with Crippen LogP contribution in [0.3, 0.4) is 0 Å². The van der Waals surface area contributed by atoms with Crippen LogP contribution in [0.15, 0.2) is 30.3 Å². The molecule has 1 saturated heterocycles. The Morgan fingerprint density at radius 3 is 2.71 bits per heavy atom. The highest BCUT2D eigenvalue weighted by Gasteiger charge is 2.46. The highest BCUT2D eigenvalue weighted by atomic mass is 16.7. The summed E-state index contributed by atoms with van der Waals surface area (Å²) in [5, 5.41) is 10.4. The maximum atomic E-state index is 11.9. The molecule has 5 heteroatoms. The normalized spacial score (nSPS) is 23.0. The van der Waals surface area contributed by atoms with Crippen molar-refractivity contribution >= 4 is 5.97 Å². The van der Waals surface area contributed by atoms with Crippen molar-refractivity contribution in [2.75, 3.05) is 13.2 Å². The molecule has 0 aliphatic carbocycles. The molecule has 0 saturated carbocycles. The summed E-state index contributed by atoms with van der Waals surface area (Å²) in [6.45, 7) is 3.22. The van der Waals surface area contributed by atoms with Gasteiger partial charge in [-0.25, -0.2) is 4.79 Å². The zero-order chi connectivity index (χ0) is 15.5. The van der Waals surface area contributed by atoms with Gasteiger partial charge in [0, 0.05) is 0 Å². The van der Waals surface area contributed by atoms with E-state index >= 15 is 0 Å².